The highest BCUT2D eigenvalue weighted by atomic mass is 32.2. The molecular formula is C19H25N7OS. The van der Waals surface area contributed by atoms with Gasteiger partial charge in [-0.2, -0.15) is 0 Å². The number of nitrogens with two attached hydrogens (primary N) is 1. The fourth-order valence-corrected chi connectivity index (χ4v) is 5.07. The molecular weight excluding hydrogens is 374 g/mol. The molecule has 1 aromatic rings. The smallest absolute Gasteiger partial charge is 0.147 e. The lowest BCUT2D eigenvalue weighted by Crippen LogP contribution is -2.50. The number of piperidine rings is 1. The van der Waals surface area contributed by atoms with Gasteiger partial charge in [0.2, 0.25) is 0 Å². The summed E-state index contributed by atoms with van der Waals surface area (Å²) in [4.78, 5) is 11.6. The first-order valence-corrected chi connectivity index (χ1v) is 10.4. The van der Waals surface area contributed by atoms with Crippen LogP contribution in [0.3, 0.4) is 0 Å². The second-order valence-corrected chi connectivity index (χ2v) is 8.74. The fraction of sp³-hybridized carbons (Fsp3) is 0.474. The number of nitrogens with one attached hydrogen (secondary N) is 2. The van der Waals surface area contributed by atoms with Crippen LogP contribution in [0.2, 0.25) is 0 Å². The van der Waals surface area contributed by atoms with Crippen molar-refractivity contribution in [2.75, 3.05) is 24.6 Å². The molecule has 2 atom stereocenters. The van der Waals surface area contributed by atoms with E-state index < -0.39 is 0 Å². The van der Waals surface area contributed by atoms with E-state index >= 15 is 0 Å². The molecule has 5 rings (SSSR count). The van der Waals surface area contributed by atoms with Crippen molar-refractivity contribution in [2.45, 2.75) is 36.9 Å². The summed E-state index contributed by atoms with van der Waals surface area (Å²) < 4.78 is 7.88. The van der Waals surface area contributed by atoms with Crippen LogP contribution in [-0.2, 0) is 4.74 Å². The summed E-state index contributed by atoms with van der Waals surface area (Å²) in [5.41, 5.74) is 14.8. The van der Waals surface area contributed by atoms with E-state index in [1.165, 1.54) is 0 Å². The Hall–Kier alpha value is -2.23. The van der Waals surface area contributed by atoms with Gasteiger partial charge >= 0.3 is 0 Å². The van der Waals surface area contributed by atoms with Crippen LogP contribution >= 0.6 is 11.9 Å². The number of hydrogen-bond donors (Lipinski definition) is 3. The van der Waals surface area contributed by atoms with Crippen LogP contribution in [0.5, 0.6) is 0 Å². The molecule has 4 aliphatic rings. The lowest BCUT2D eigenvalue weighted by Gasteiger charge is -2.41. The highest BCUT2D eigenvalue weighted by Crippen LogP contribution is 2.41. The Morgan fingerprint density at radius 3 is 2.86 bits per heavy atom. The molecule has 4 aliphatic heterocycles. The Balaban J connectivity index is 1.22. The van der Waals surface area contributed by atoms with Crippen molar-refractivity contribution in [2.24, 2.45) is 11.1 Å². The van der Waals surface area contributed by atoms with Crippen LogP contribution in [0.25, 0.3) is 0 Å². The highest BCUT2D eigenvalue weighted by molar-refractivity contribution is 7.97. The van der Waals surface area contributed by atoms with Crippen LogP contribution in [0.1, 0.15) is 19.8 Å². The van der Waals surface area contributed by atoms with Gasteiger partial charge in [0.1, 0.15) is 10.8 Å². The molecule has 0 aliphatic carbocycles. The zero-order valence-corrected chi connectivity index (χ0v) is 16.7. The number of hydrogen-bond acceptors (Lipinski definition) is 9. The van der Waals surface area contributed by atoms with Crippen molar-refractivity contribution in [3.05, 3.63) is 48.3 Å². The van der Waals surface area contributed by atoms with Gasteiger partial charge in [-0.15, -0.1) is 0 Å². The molecule has 1 spiro atoms. The van der Waals surface area contributed by atoms with Gasteiger partial charge in [-0.25, -0.2) is 9.97 Å². The zero-order valence-electron chi connectivity index (χ0n) is 15.8. The number of anilines is 1. The topological polar surface area (TPSA) is 91.6 Å². The molecule has 0 radical (unpaired) electrons. The summed E-state index contributed by atoms with van der Waals surface area (Å²) in [6, 6.07) is 0.130. The quantitative estimate of drug-likeness (QED) is 0.654. The maximum absolute atomic E-state index is 6.42. The lowest BCUT2D eigenvalue weighted by molar-refractivity contribution is 0.0974. The first kappa shape index (κ1) is 17.8. The predicted molar refractivity (Wildman–Crippen MR) is 109 cm³/mol. The van der Waals surface area contributed by atoms with E-state index in [1.807, 2.05) is 36.9 Å². The molecule has 8 nitrogen and oxygen atoms in total. The monoisotopic (exact) mass is 399 g/mol. The number of rotatable bonds is 3. The van der Waals surface area contributed by atoms with Gasteiger partial charge in [-0.1, -0.05) is 0 Å². The average Bonchev–Trinajstić information content (AvgIpc) is 3.31. The van der Waals surface area contributed by atoms with E-state index in [4.69, 9.17) is 10.5 Å². The Morgan fingerprint density at radius 1 is 1.29 bits per heavy atom. The SMILES string of the molecule is C[C@@H]1OCC2(CCN(c3cnc(SN4C=CC=C5NNC=C54)cn3)CC2)[C@@H]1N. The third kappa shape index (κ3) is 3.03. The second kappa shape index (κ2) is 6.98. The van der Waals surface area contributed by atoms with Gasteiger partial charge in [-0.3, -0.25) is 9.73 Å². The van der Waals surface area contributed by atoms with Crippen LogP contribution in [-0.4, -0.2) is 46.1 Å². The Kier molecular flexibility index (Phi) is 4.45. The fourth-order valence-electron chi connectivity index (χ4n) is 4.29. The van der Waals surface area contributed by atoms with Crippen LogP contribution < -0.4 is 21.5 Å². The molecule has 28 heavy (non-hydrogen) atoms. The van der Waals surface area contributed by atoms with E-state index in [0.717, 1.165) is 54.8 Å². The highest BCUT2D eigenvalue weighted by Gasteiger charge is 2.47. The third-order valence-electron chi connectivity index (χ3n) is 6.15. The molecule has 2 fully saturated rings. The van der Waals surface area contributed by atoms with Gasteiger partial charge in [0.05, 0.1) is 36.5 Å². The van der Waals surface area contributed by atoms with E-state index in [-0.39, 0.29) is 17.6 Å². The predicted octanol–water partition coefficient (Wildman–Crippen LogP) is 1.48. The Morgan fingerprint density at radius 2 is 2.14 bits per heavy atom. The maximum atomic E-state index is 6.42. The Bertz CT molecular complexity index is 829. The van der Waals surface area contributed by atoms with Gasteiger partial charge in [0.15, 0.2) is 0 Å². The minimum atomic E-state index is 0.127. The molecule has 9 heteroatoms. The van der Waals surface area contributed by atoms with Crippen molar-refractivity contribution in [1.29, 1.82) is 0 Å². The van der Waals surface area contributed by atoms with Gasteiger partial charge in [0.25, 0.3) is 0 Å². The normalized spacial score (nSPS) is 27.9. The van der Waals surface area contributed by atoms with Crippen molar-refractivity contribution in [3.8, 4) is 0 Å². The summed E-state index contributed by atoms with van der Waals surface area (Å²) >= 11 is 1.54. The minimum absolute atomic E-state index is 0.127. The Labute approximate surface area is 169 Å². The largest absolute Gasteiger partial charge is 0.376 e. The van der Waals surface area contributed by atoms with E-state index in [0.29, 0.717) is 0 Å². The molecule has 0 saturated carbocycles. The van der Waals surface area contributed by atoms with Gasteiger partial charge < -0.3 is 20.8 Å². The summed E-state index contributed by atoms with van der Waals surface area (Å²) in [5.74, 6) is 0.929. The van der Waals surface area contributed by atoms with Crippen molar-refractivity contribution < 1.29 is 4.74 Å². The molecule has 0 unspecified atom stereocenters. The van der Waals surface area contributed by atoms with Crippen LogP contribution in [0.4, 0.5) is 5.82 Å². The first-order valence-electron chi connectivity index (χ1n) is 9.67. The van der Waals surface area contributed by atoms with Gasteiger partial charge in [0, 0.05) is 48.9 Å². The number of hydrazine groups is 1. The van der Waals surface area contributed by atoms with Crippen molar-refractivity contribution in [3.63, 3.8) is 0 Å². The maximum Gasteiger partial charge on any atom is 0.147 e. The number of allylic oxidation sites excluding steroid dienone is 2. The molecule has 5 heterocycles. The third-order valence-corrected chi connectivity index (χ3v) is 7.06. The van der Waals surface area contributed by atoms with Crippen LogP contribution in [0.15, 0.2) is 53.4 Å². The number of nitrogens with zero attached hydrogens (tertiary/aromatic N) is 4. The molecule has 0 aromatic carbocycles. The van der Waals surface area contributed by atoms with E-state index in [1.54, 1.807) is 11.9 Å². The average molecular weight is 400 g/mol. The number of ether oxygens (including phenoxy) is 1. The summed E-state index contributed by atoms with van der Waals surface area (Å²) in [6.07, 6.45) is 13.9. The number of aromatic nitrogens is 2. The zero-order chi connectivity index (χ0) is 19.1. The summed E-state index contributed by atoms with van der Waals surface area (Å²) in [6.45, 7) is 4.75. The molecule has 1 aromatic heterocycles. The first-order chi connectivity index (χ1) is 13.6. The van der Waals surface area contributed by atoms with Crippen molar-refractivity contribution in [1.82, 2.24) is 25.1 Å². The molecule has 0 bridgehead atoms. The number of fused-ring (bicyclic) bond motifs is 1. The molecule has 148 valence electrons. The molecule has 0 amide bonds. The standard InChI is InChI=1S/C19H25N7OS/c1-13-18(20)19(12-27-13)4-7-25(8-5-19)16-10-22-17(11-21-16)28-26-6-2-3-14-15(26)9-23-24-14/h2-3,6,9-11,13,18,23-24H,4-5,7-8,12,20H2,1H3/t13-,18+/m0/s1. The minimum Gasteiger partial charge on any atom is -0.376 e. The van der Waals surface area contributed by atoms with Crippen molar-refractivity contribution >= 4 is 17.8 Å². The second-order valence-electron chi connectivity index (χ2n) is 7.74. The van der Waals surface area contributed by atoms with Gasteiger partial charge in [-0.05, 0) is 31.9 Å². The lowest BCUT2D eigenvalue weighted by atomic mass is 9.73. The van der Waals surface area contributed by atoms with Crippen LogP contribution in [0, 0.1) is 5.41 Å². The molecule has 2 saturated heterocycles. The van der Waals surface area contributed by atoms with E-state index in [9.17, 15) is 0 Å². The molecule has 4 N–H and O–H groups in total. The summed E-state index contributed by atoms with van der Waals surface area (Å²) in [5, 5.41) is 0.857. The van der Waals surface area contributed by atoms with E-state index in [2.05, 4.69) is 36.9 Å². The summed E-state index contributed by atoms with van der Waals surface area (Å²) in [7, 11) is 0.